The quantitative estimate of drug-likeness (QED) is 0.480. The zero-order valence-electron chi connectivity index (χ0n) is 10.5. The van der Waals surface area contributed by atoms with Gasteiger partial charge in [0.1, 0.15) is 6.61 Å². The minimum absolute atomic E-state index is 0. The van der Waals surface area contributed by atoms with Gasteiger partial charge in [0.2, 0.25) is 0 Å². The van der Waals surface area contributed by atoms with Gasteiger partial charge in [-0.25, -0.2) is 4.79 Å². The van der Waals surface area contributed by atoms with Crippen molar-refractivity contribution in [2.24, 2.45) is 0 Å². The van der Waals surface area contributed by atoms with Crippen molar-refractivity contribution in [3.63, 3.8) is 0 Å². The van der Waals surface area contributed by atoms with Gasteiger partial charge in [-0.15, -0.1) is 0 Å². The van der Waals surface area contributed by atoms with Gasteiger partial charge in [-0.05, 0) is 37.4 Å². The third-order valence-corrected chi connectivity index (χ3v) is 2.68. The van der Waals surface area contributed by atoms with E-state index in [-0.39, 0.29) is 57.4 Å². The molecule has 0 atom stereocenters. The van der Waals surface area contributed by atoms with E-state index in [1.807, 2.05) is 0 Å². The van der Waals surface area contributed by atoms with E-state index >= 15 is 0 Å². The number of ether oxygens (including phenoxy) is 1. The molecule has 5 heteroatoms. The number of nitrogens with two attached hydrogens (primary N) is 1. The number of anilines is 1. The molecule has 1 aromatic carbocycles. The van der Waals surface area contributed by atoms with E-state index in [0.29, 0.717) is 17.9 Å². The van der Waals surface area contributed by atoms with E-state index < -0.39 is 0 Å². The summed E-state index contributed by atoms with van der Waals surface area (Å²) < 4.78 is 5.18. The average Bonchev–Trinajstić information content (AvgIpc) is 2.35. The van der Waals surface area contributed by atoms with Crippen LogP contribution in [0.4, 0.5) is 5.69 Å². The van der Waals surface area contributed by atoms with Gasteiger partial charge in [0.25, 0.3) is 0 Å². The molecule has 1 aromatic rings. The SMILES string of the molecule is CCN(CC)CCOC(=O)c1ccc(N)cc1.[KH]. The summed E-state index contributed by atoms with van der Waals surface area (Å²) in [6.45, 7) is 7.31. The van der Waals surface area contributed by atoms with E-state index in [1.165, 1.54) is 0 Å². The molecule has 0 aliphatic carbocycles. The molecule has 0 fully saturated rings. The molecule has 2 N–H and O–H groups in total. The number of carbonyl (C=O) groups excluding carboxylic acids is 1. The zero-order chi connectivity index (χ0) is 12.7. The van der Waals surface area contributed by atoms with Gasteiger partial charge in [0.05, 0.1) is 5.56 Å². The molecule has 0 aliphatic heterocycles. The Morgan fingerprint density at radius 3 is 2.28 bits per heavy atom. The monoisotopic (exact) mass is 276 g/mol. The summed E-state index contributed by atoms with van der Waals surface area (Å²) in [7, 11) is 0. The summed E-state index contributed by atoms with van der Waals surface area (Å²) in [6.07, 6.45) is 0. The molecule has 18 heavy (non-hydrogen) atoms. The summed E-state index contributed by atoms with van der Waals surface area (Å²) in [6, 6.07) is 6.74. The maximum atomic E-state index is 11.6. The number of hydrogen-bond donors (Lipinski definition) is 1. The number of rotatable bonds is 6. The zero-order valence-corrected chi connectivity index (χ0v) is 10.5. The van der Waals surface area contributed by atoms with E-state index in [0.717, 1.165) is 19.6 Å². The van der Waals surface area contributed by atoms with E-state index in [9.17, 15) is 4.79 Å². The Labute approximate surface area is 151 Å². The van der Waals surface area contributed by atoms with Crippen LogP contribution < -0.4 is 5.73 Å². The van der Waals surface area contributed by atoms with Crippen molar-refractivity contribution in [1.82, 2.24) is 4.90 Å². The molecule has 0 heterocycles. The van der Waals surface area contributed by atoms with Crippen molar-refractivity contribution in [2.75, 3.05) is 32.0 Å². The summed E-state index contributed by atoms with van der Waals surface area (Å²) in [5.74, 6) is -0.294. The number of benzene rings is 1. The number of likely N-dealkylation sites (N-methyl/N-ethyl adjacent to an activating group) is 1. The number of hydrogen-bond acceptors (Lipinski definition) is 4. The number of carbonyl (C=O) groups is 1. The molecule has 0 saturated carbocycles. The Morgan fingerprint density at radius 1 is 1.22 bits per heavy atom. The fourth-order valence-electron chi connectivity index (χ4n) is 1.51. The van der Waals surface area contributed by atoms with Crippen molar-refractivity contribution in [1.29, 1.82) is 0 Å². The first-order chi connectivity index (χ1) is 8.17. The summed E-state index contributed by atoms with van der Waals surface area (Å²) in [5, 5.41) is 0. The molecule has 0 unspecified atom stereocenters. The Kier molecular flexibility index (Phi) is 9.99. The van der Waals surface area contributed by atoms with Crippen LogP contribution >= 0.6 is 0 Å². The van der Waals surface area contributed by atoms with E-state index in [1.54, 1.807) is 24.3 Å². The molecular formula is C13H21KN2O2. The van der Waals surface area contributed by atoms with Crippen molar-refractivity contribution >= 4 is 63.0 Å². The molecule has 0 saturated heterocycles. The molecule has 0 bridgehead atoms. The van der Waals surface area contributed by atoms with Crippen LogP contribution in [0.2, 0.25) is 0 Å². The number of nitrogens with zero attached hydrogens (tertiary/aromatic N) is 1. The summed E-state index contributed by atoms with van der Waals surface area (Å²) >= 11 is 0. The molecular weight excluding hydrogens is 255 g/mol. The molecule has 1 rings (SSSR count). The topological polar surface area (TPSA) is 55.6 Å². The normalized spacial score (nSPS) is 9.94. The van der Waals surface area contributed by atoms with Crippen LogP contribution in [0.3, 0.4) is 0 Å². The second-order valence-electron chi connectivity index (χ2n) is 3.78. The second-order valence-corrected chi connectivity index (χ2v) is 3.78. The van der Waals surface area contributed by atoms with Gasteiger partial charge in [-0.1, -0.05) is 13.8 Å². The molecule has 96 valence electrons. The molecule has 4 nitrogen and oxygen atoms in total. The van der Waals surface area contributed by atoms with Crippen LogP contribution in [-0.4, -0.2) is 88.5 Å². The number of esters is 1. The van der Waals surface area contributed by atoms with Crippen molar-refractivity contribution < 1.29 is 9.53 Å². The molecule has 0 aliphatic rings. The molecule has 0 aromatic heterocycles. The standard InChI is InChI=1S/C13H20N2O2.K.H/c1-3-15(4-2)9-10-17-13(16)11-5-7-12(14)8-6-11;;/h5-8H,3-4,9-10,14H2,1-2H3;;. The fourth-order valence-corrected chi connectivity index (χ4v) is 1.51. The fraction of sp³-hybridized carbons (Fsp3) is 0.462. The Hall–Kier alpha value is 0.0864. The predicted octanol–water partition coefficient (Wildman–Crippen LogP) is 1.12. The van der Waals surface area contributed by atoms with Crippen molar-refractivity contribution in [3.8, 4) is 0 Å². The van der Waals surface area contributed by atoms with Crippen LogP contribution in [0.1, 0.15) is 24.2 Å². The van der Waals surface area contributed by atoms with Crippen molar-refractivity contribution in [2.45, 2.75) is 13.8 Å². The first kappa shape index (κ1) is 18.1. The van der Waals surface area contributed by atoms with Crippen molar-refractivity contribution in [3.05, 3.63) is 29.8 Å². The van der Waals surface area contributed by atoms with Gasteiger partial charge in [-0.2, -0.15) is 0 Å². The Balaban J connectivity index is 0.00000289. The van der Waals surface area contributed by atoms with Crippen LogP contribution in [0.25, 0.3) is 0 Å². The molecule has 0 spiro atoms. The van der Waals surface area contributed by atoms with Gasteiger partial charge < -0.3 is 15.4 Å². The third-order valence-electron chi connectivity index (χ3n) is 2.68. The summed E-state index contributed by atoms with van der Waals surface area (Å²) in [4.78, 5) is 13.8. The van der Waals surface area contributed by atoms with Gasteiger partial charge in [-0.3, -0.25) is 0 Å². The van der Waals surface area contributed by atoms with E-state index in [4.69, 9.17) is 10.5 Å². The maximum absolute atomic E-state index is 11.6. The molecule has 0 amide bonds. The van der Waals surface area contributed by atoms with Crippen LogP contribution in [0, 0.1) is 0 Å². The summed E-state index contributed by atoms with van der Waals surface area (Å²) in [5.41, 5.74) is 6.73. The van der Waals surface area contributed by atoms with Gasteiger partial charge >= 0.3 is 57.4 Å². The van der Waals surface area contributed by atoms with Crippen LogP contribution in [-0.2, 0) is 4.74 Å². The second kappa shape index (κ2) is 9.94. The first-order valence-corrected chi connectivity index (χ1v) is 5.92. The average molecular weight is 276 g/mol. The Bertz CT molecular complexity index is 351. The predicted molar refractivity (Wildman–Crippen MR) is 76.1 cm³/mol. The molecule has 0 radical (unpaired) electrons. The first-order valence-electron chi connectivity index (χ1n) is 5.92. The Morgan fingerprint density at radius 2 is 1.78 bits per heavy atom. The van der Waals surface area contributed by atoms with Gasteiger partial charge in [0, 0.05) is 12.2 Å². The minimum atomic E-state index is -0.294. The van der Waals surface area contributed by atoms with E-state index in [2.05, 4.69) is 18.7 Å². The van der Waals surface area contributed by atoms with Crippen LogP contribution in [0.15, 0.2) is 24.3 Å². The van der Waals surface area contributed by atoms with Gasteiger partial charge in [0.15, 0.2) is 0 Å². The number of nitrogen functional groups attached to an aromatic ring is 1. The van der Waals surface area contributed by atoms with Crippen LogP contribution in [0.5, 0.6) is 0 Å². The third kappa shape index (κ3) is 6.31.